The molecule has 2 aliphatic rings. The first-order valence-electron chi connectivity index (χ1n) is 6.93. The van der Waals surface area contributed by atoms with Crippen LogP contribution >= 0.6 is 12.4 Å². The van der Waals surface area contributed by atoms with Crippen molar-refractivity contribution >= 4 is 28.3 Å². The van der Waals surface area contributed by atoms with Gasteiger partial charge in [-0.2, -0.15) is 0 Å². The van der Waals surface area contributed by atoms with Crippen LogP contribution in [0.3, 0.4) is 0 Å². The van der Waals surface area contributed by atoms with Gasteiger partial charge in [0.25, 0.3) is 0 Å². The molecule has 20 heavy (non-hydrogen) atoms. The molecule has 0 aromatic carbocycles. The Labute approximate surface area is 127 Å². The van der Waals surface area contributed by atoms with Crippen LogP contribution in [-0.2, 0) is 14.8 Å². The number of nitrogens with one attached hydrogen (secondary N) is 2. The number of amides is 1. The summed E-state index contributed by atoms with van der Waals surface area (Å²) < 4.78 is 24.3. The van der Waals surface area contributed by atoms with Crippen molar-refractivity contribution in [2.45, 2.75) is 31.7 Å². The predicted molar refractivity (Wildman–Crippen MR) is 80.4 cm³/mol. The van der Waals surface area contributed by atoms with E-state index < -0.39 is 10.0 Å². The first kappa shape index (κ1) is 17.7. The van der Waals surface area contributed by atoms with Crippen LogP contribution in [0, 0.1) is 5.92 Å². The Morgan fingerprint density at radius 2 is 1.95 bits per heavy atom. The third kappa shape index (κ3) is 4.87. The van der Waals surface area contributed by atoms with Gasteiger partial charge in [-0.25, -0.2) is 12.7 Å². The van der Waals surface area contributed by atoms with Crippen LogP contribution in [0.1, 0.15) is 25.7 Å². The highest BCUT2D eigenvalue weighted by Crippen LogP contribution is 2.18. The van der Waals surface area contributed by atoms with Crippen LogP contribution in [0.2, 0.25) is 0 Å². The topological polar surface area (TPSA) is 78.5 Å². The van der Waals surface area contributed by atoms with E-state index in [9.17, 15) is 13.2 Å². The second kappa shape index (κ2) is 7.59. The average molecular weight is 326 g/mol. The van der Waals surface area contributed by atoms with E-state index in [1.807, 2.05) is 0 Å². The fraction of sp³-hybridized carbons (Fsp3) is 0.917. The molecule has 2 rings (SSSR count). The van der Waals surface area contributed by atoms with Crippen LogP contribution in [-0.4, -0.2) is 57.1 Å². The van der Waals surface area contributed by atoms with E-state index in [1.165, 1.54) is 10.6 Å². The van der Waals surface area contributed by atoms with E-state index in [-0.39, 0.29) is 24.4 Å². The van der Waals surface area contributed by atoms with Gasteiger partial charge in [-0.05, 0) is 38.1 Å². The second-order valence-corrected chi connectivity index (χ2v) is 7.48. The van der Waals surface area contributed by atoms with E-state index >= 15 is 0 Å². The van der Waals surface area contributed by atoms with Gasteiger partial charge in [-0.1, -0.05) is 0 Å². The highest BCUT2D eigenvalue weighted by atomic mass is 35.5. The molecule has 1 unspecified atom stereocenters. The van der Waals surface area contributed by atoms with E-state index in [4.69, 9.17) is 0 Å². The summed E-state index contributed by atoms with van der Waals surface area (Å²) in [6.45, 7) is 2.72. The summed E-state index contributed by atoms with van der Waals surface area (Å²) in [6.07, 6.45) is 4.88. The fourth-order valence-corrected chi connectivity index (χ4v) is 3.60. The number of rotatable bonds is 4. The van der Waals surface area contributed by atoms with Crippen molar-refractivity contribution in [3.8, 4) is 0 Å². The van der Waals surface area contributed by atoms with Crippen molar-refractivity contribution in [1.29, 1.82) is 0 Å². The molecular weight excluding hydrogens is 302 g/mol. The molecule has 2 heterocycles. The summed E-state index contributed by atoms with van der Waals surface area (Å²) in [7, 11) is -3.06. The van der Waals surface area contributed by atoms with Gasteiger partial charge >= 0.3 is 0 Å². The van der Waals surface area contributed by atoms with Crippen LogP contribution in [0.4, 0.5) is 0 Å². The van der Waals surface area contributed by atoms with Crippen LogP contribution in [0.25, 0.3) is 0 Å². The minimum atomic E-state index is -3.06. The Kier molecular flexibility index (Phi) is 6.71. The highest BCUT2D eigenvalue weighted by Gasteiger charge is 2.26. The lowest BCUT2D eigenvalue weighted by atomic mass is 9.98. The zero-order valence-corrected chi connectivity index (χ0v) is 13.4. The molecule has 6 nitrogen and oxygen atoms in total. The van der Waals surface area contributed by atoms with Crippen molar-refractivity contribution < 1.29 is 13.2 Å². The van der Waals surface area contributed by atoms with Gasteiger partial charge in [-0.15, -0.1) is 12.4 Å². The Bertz CT molecular complexity index is 416. The molecule has 0 radical (unpaired) electrons. The predicted octanol–water partition coefficient (Wildman–Crippen LogP) is -0.0520. The van der Waals surface area contributed by atoms with Gasteiger partial charge in [0.1, 0.15) is 0 Å². The molecule has 0 aromatic rings. The maximum atomic E-state index is 11.8. The Hall–Kier alpha value is -0.370. The summed E-state index contributed by atoms with van der Waals surface area (Å²) in [6, 6.07) is -0.0314. The van der Waals surface area contributed by atoms with E-state index in [0.717, 1.165) is 32.2 Å². The number of nitrogens with zero attached hydrogens (tertiary/aromatic N) is 1. The van der Waals surface area contributed by atoms with Gasteiger partial charge in [0, 0.05) is 19.6 Å². The Morgan fingerprint density at radius 1 is 1.30 bits per heavy atom. The standard InChI is InChI=1S/C12H23N3O3S.ClH/c1-19(17,18)15-7-4-10(5-8-15)9-14-12(16)11-3-2-6-13-11;/h10-11,13H,2-9H2,1H3,(H,14,16);1H. The molecule has 8 heteroatoms. The third-order valence-electron chi connectivity index (χ3n) is 3.98. The molecule has 1 amide bonds. The lowest BCUT2D eigenvalue weighted by Gasteiger charge is -2.30. The summed E-state index contributed by atoms with van der Waals surface area (Å²) in [5.74, 6) is 0.478. The number of hydrogen-bond acceptors (Lipinski definition) is 4. The number of sulfonamides is 1. The van der Waals surface area contributed by atoms with Crippen molar-refractivity contribution in [3.05, 3.63) is 0 Å². The SMILES string of the molecule is CS(=O)(=O)N1CCC(CNC(=O)C2CCCN2)CC1.Cl. The minimum Gasteiger partial charge on any atom is -0.354 e. The molecule has 2 aliphatic heterocycles. The second-order valence-electron chi connectivity index (χ2n) is 5.50. The van der Waals surface area contributed by atoms with E-state index in [1.54, 1.807) is 0 Å². The maximum absolute atomic E-state index is 11.8. The smallest absolute Gasteiger partial charge is 0.237 e. The number of carbonyl (C=O) groups excluding carboxylic acids is 1. The van der Waals surface area contributed by atoms with Crippen LogP contribution in [0.15, 0.2) is 0 Å². The molecule has 118 valence electrons. The molecule has 0 saturated carbocycles. The molecule has 2 fully saturated rings. The molecular formula is C12H24ClN3O3S. The Morgan fingerprint density at radius 3 is 2.45 bits per heavy atom. The monoisotopic (exact) mass is 325 g/mol. The Balaban J connectivity index is 0.00000200. The molecule has 2 saturated heterocycles. The first-order valence-corrected chi connectivity index (χ1v) is 8.78. The number of piperidine rings is 1. The van der Waals surface area contributed by atoms with Crippen molar-refractivity contribution in [2.75, 3.05) is 32.4 Å². The van der Waals surface area contributed by atoms with Gasteiger partial charge in [0.05, 0.1) is 12.3 Å². The van der Waals surface area contributed by atoms with E-state index in [2.05, 4.69) is 10.6 Å². The zero-order chi connectivity index (χ0) is 13.9. The van der Waals surface area contributed by atoms with Crippen LogP contribution < -0.4 is 10.6 Å². The fourth-order valence-electron chi connectivity index (χ4n) is 2.72. The highest BCUT2D eigenvalue weighted by molar-refractivity contribution is 7.88. The third-order valence-corrected chi connectivity index (χ3v) is 5.29. The largest absolute Gasteiger partial charge is 0.354 e. The normalized spacial score (nSPS) is 25.1. The molecule has 0 aliphatic carbocycles. The molecule has 1 atom stereocenters. The number of hydrogen-bond donors (Lipinski definition) is 2. The number of halogens is 1. The molecule has 0 aromatic heterocycles. The van der Waals surface area contributed by atoms with Gasteiger partial charge in [0.2, 0.25) is 15.9 Å². The zero-order valence-electron chi connectivity index (χ0n) is 11.8. The maximum Gasteiger partial charge on any atom is 0.237 e. The minimum absolute atomic E-state index is 0. The molecule has 2 N–H and O–H groups in total. The van der Waals surface area contributed by atoms with Gasteiger partial charge in [0.15, 0.2) is 0 Å². The van der Waals surface area contributed by atoms with Gasteiger partial charge in [-0.3, -0.25) is 4.79 Å². The first-order chi connectivity index (χ1) is 8.97. The van der Waals surface area contributed by atoms with Crippen molar-refractivity contribution in [2.24, 2.45) is 5.92 Å². The van der Waals surface area contributed by atoms with Crippen molar-refractivity contribution in [1.82, 2.24) is 14.9 Å². The van der Waals surface area contributed by atoms with E-state index in [0.29, 0.717) is 25.6 Å². The summed E-state index contributed by atoms with van der Waals surface area (Å²) in [5, 5.41) is 6.15. The van der Waals surface area contributed by atoms with Crippen LogP contribution in [0.5, 0.6) is 0 Å². The summed E-state index contributed by atoms with van der Waals surface area (Å²) in [5.41, 5.74) is 0. The van der Waals surface area contributed by atoms with Gasteiger partial charge < -0.3 is 10.6 Å². The lowest BCUT2D eigenvalue weighted by molar-refractivity contribution is -0.123. The summed E-state index contributed by atoms with van der Waals surface area (Å²) in [4.78, 5) is 11.8. The molecule has 0 bridgehead atoms. The molecule has 0 spiro atoms. The number of carbonyl (C=O) groups is 1. The van der Waals surface area contributed by atoms with Crippen molar-refractivity contribution in [3.63, 3.8) is 0 Å². The lowest BCUT2D eigenvalue weighted by Crippen LogP contribution is -2.45. The quantitative estimate of drug-likeness (QED) is 0.759. The summed E-state index contributed by atoms with van der Waals surface area (Å²) >= 11 is 0. The average Bonchev–Trinajstić information content (AvgIpc) is 2.89.